The Kier molecular flexibility index (Phi) is 6.81. The van der Waals surface area contributed by atoms with Crippen molar-refractivity contribution >= 4 is 21.8 Å². The van der Waals surface area contributed by atoms with Crippen molar-refractivity contribution in [2.24, 2.45) is 5.73 Å². The van der Waals surface area contributed by atoms with Crippen molar-refractivity contribution in [1.29, 1.82) is 0 Å². The number of nitrogens with one attached hydrogen (secondary N) is 2. The highest BCUT2D eigenvalue weighted by molar-refractivity contribution is 7.89. The second kappa shape index (κ2) is 9.36. The van der Waals surface area contributed by atoms with E-state index in [1.54, 1.807) is 37.3 Å². The third kappa shape index (κ3) is 5.74. The molecule has 10 heteroatoms. The molecule has 0 saturated heterocycles. The average Bonchev–Trinajstić information content (AvgIpc) is 3.16. The standard InChI is InChI=1S/C21H25N3O6S/c1-13-3-7-19(14(2)9-13)31(27,28)24-16(5-8-20(22)25)21(26)23-11-15-4-6-17-18(10-15)30-12-29-17/h3-4,6-7,9-10,16,24H,5,8,11-12H2,1-2H3,(H2,22,25)(H,23,26)/t16-/m1/s1. The number of sulfonamides is 1. The summed E-state index contributed by atoms with van der Waals surface area (Å²) in [5.74, 6) is 0.00903. The number of fused-ring (bicyclic) bond motifs is 1. The van der Waals surface area contributed by atoms with Crippen LogP contribution in [0.25, 0.3) is 0 Å². The van der Waals surface area contributed by atoms with Crippen LogP contribution in [0.1, 0.15) is 29.5 Å². The van der Waals surface area contributed by atoms with Crippen LogP contribution < -0.4 is 25.2 Å². The number of carbonyl (C=O) groups excluding carboxylic acids is 2. The number of aryl methyl sites for hydroxylation is 2. The van der Waals surface area contributed by atoms with E-state index in [1.165, 1.54) is 6.07 Å². The lowest BCUT2D eigenvalue weighted by molar-refractivity contribution is -0.123. The van der Waals surface area contributed by atoms with Gasteiger partial charge in [-0.2, -0.15) is 4.72 Å². The van der Waals surface area contributed by atoms with Crippen molar-refractivity contribution < 1.29 is 27.5 Å². The Bertz CT molecular complexity index is 1100. The molecule has 0 aromatic heterocycles. The number of nitrogens with two attached hydrogens (primary N) is 1. The zero-order chi connectivity index (χ0) is 22.6. The van der Waals surface area contributed by atoms with Gasteiger partial charge in [0.05, 0.1) is 4.90 Å². The quantitative estimate of drug-likeness (QED) is 0.529. The molecule has 1 aliphatic rings. The van der Waals surface area contributed by atoms with Gasteiger partial charge in [0.15, 0.2) is 11.5 Å². The summed E-state index contributed by atoms with van der Waals surface area (Å²) in [7, 11) is -3.99. The van der Waals surface area contributed by atoms with Crippen molar-refractivity contribution in [1.82, 2.24) is 10.0 Å². The number of carbonyl (C=O) groups is 2. The Morgan fingerprint density at radius 3 is 2.55 bits per heavy atom. The van der Waals surface area contributed by atoms with Gasteiger partial charge in [-0.3, -0.25) is 9.59 Å². The van der Waals surface area contributed by atoms with Gasteiger partial charge in [-0.25, -0.2) is 8.42 Å². The number of hydrogen-bond acceptors (Lipinski definition) is 6. The van der Waals surface area contributed by atoms with Gasteiger partial charge in [0.1, 0.15) is 6.04 Å². The van der Waals surface area contributed by atoms with E-state index < -0.39 is 27.9 Å². The van der Waals surface area contributed by atoms with Crippen LogP contribution >= 0.6 is 0 Å². The molecule has 2 aromatic carbocycles. The first-order valence-electron chi connectivity index (χ1n) is 9.70. The number of amides is 2. The molecule has 31 heavy (non-hydrogen) atoms. The molecule has 4 N–H and O–H groups in total. The normalized spacial score (nSPS) is 13.6. The zero-order valence-corrected chi connectivity index (χ0v) is 18.1. The minimum absolute atomic E-state index is 0.0631. The first-order chi connectivity index (χ1) is 14.7. The fourth-order valence-electron chi connectivity index (χ4n) is 3.25. The fourth-order valence-corrected chi connectivity index (χ4v) is 4.70. The lowest BCUT2D eigenvalue weighted by atomic mass is 10.1. The summed E-state index contributed by atoms with van der Waals surface area (Å²) in [6.45, 7) is 3.82. The summed E-state index contributed by atoms with van der Waals surface area (Å²) in [6, 6.07) is 8.99. The molecule has 1 atom stereocenters. The van der Waals surface area contributed by atoms with Gasteiger partial charge >= 0.3 is 0 Å². The van der Waals surface area contributed by atoms with Crippen LogP contribution in [0.15, 0.2) is 41.3 Å². The Labute approximate surface area is 181 Å². The second-order valence-corrected chi connectivity index (χ2v) is 9.04. The predicted molar refractivity (Wildman–Crippen MR) is 113 cm³/mol. The number of ether oxygens (including phenoxy) is 2. The summed E-state index contributed by atoms with van der Waals surface area (Å²) in [5.41, 5.74) is 7.43. The van der Waals surface area contributed by atoms with Crippen molar-refractivity contribution in [3.05, 3.63) is 53.1 Å². The Balaban J connectivity index is 1.73. The smallest absolute Gasteiger partial charge is 0.241 e. The van der Waals surface area contributed by atoms with Crippen LogP contribution in [0.3, 0.4) is 0 Å². The lowest BCUT2D eigenvalue weighted by Gasteiger charge is -2.19. The molecule has 0 radical (unpaired) electrons. The maximum Gasteiger partial charge on any atom is 0.241 e. The van der Waals surface area contributed by atoms with E-state index in [4.69, 9.17) is 15.2 Å². The number of rotatable bonds is 9. The van der Waals surface area contributed by atoms with Crippen LogP contribution in [-0.2, 0) is 26.2 Å². The van der Waals surface area contributed by atoms with Crippen molar-refractivity contribution in [2.75, 3.05) is 6.79 Å². The largest absolute Gasteiger partial charge is 0.454 e. The van der Waals surface area contributed by atoms with Crippen molar-refractivity contribution in [3.63, 3.8) is 0 Å². The highest BCUT2D eigenvalue weighted by Crippen LogP contribution is 2.32. The van der Waals surface area contributed by atoms with E-state index in [2.05, 4.69) is 10.0 Å². The molecule has 2 amide bonds. The van der Waals surface area contributed by atoms with E-state index in [-0.39, 0.29) is 31.1 Å². The summed E-state index contributed by atoms with van der Waals surface area (Å²) in [6.07, 6.45) is -0.204. The second-order valence-electron chi connectivity index (χ2n) is 7.35. The zero-order valence-electron chi connectivity index (χ0n) is 17.3. The Hall–Kier alpha value is -3.11. The Morgan fingerprint density at radius 1 is 1.10 bits per heavy atom. The molecule has 1 heterocycles. The van der Waals surface area contributed by atoms with Crippen molar-refractivity contribution in [2.45, 2.75) is 44.2 Å². The molecule has 9 nitrogen and oxygen atoms in total. The molecule has 1 aliphatic heterocycles. The van der Waals surface area contributed by atoms with Gasteiger partial charge in [0.25, 0.3) is 0 Å². The van der Waals surface area contributed by atoms with Gasteiger partial charge in [0, 0.05) is 13.0 Å². The van der Waals surface area contributed by atoms with E-state index >= 15 is 0 Å². The summed E-state index contributed by atoms with van der Waals surface area (Å²) in [5, 5.41) is 2.70. The molecule has 0 saturated carbocycles. The average molecular weight is 448 g/mol. The van der Waals surface area contributed by atoms with Crippen LogP contribution in [0.5, 0.6) is 11.5 Å². The third-order valence-corrected chi connectivity index (χ3v) is 6.45. The highest BCUT2D eigenvalue weighted by Gasteiger charge is 2.27. The van der Waals surface area contributed by atoms with Gasteiger partial charge < -0.3 is 20.5 Å². The summed E-state index contributed by atoms with van der Waals surface area (Å²) < 4.78 is 38.8. The molecule has 0 bridgehead atoms. The number of hydrogen-bond donors (Lipinski definition) is 3. The van der Waals surface area contributed by atoms with E-state index in [0.29, 0.717) is 17.1 Å². The third-order valence-electron chi connectivity index (χ3n) is 4.82. The topological polar surface area (TPSA) is 137 Å². The predicted octanol–water partition coefficient (Wildman–Crippen LogP) is 1.26. The maximum absolute atomic E-state index is 12.9. The van der Waals surface area contributed by atoms with Crippen molar-refractivity contribution in [3.8, 4) is 11.5 Å². The molecule has 166 valence electrons. The summed E-state index contributed by atoms with van der Waals surface area (Å²) in [4.78, 5) is 24.1. The summed E-state index contributed by atoms with van der Waals surface area (Å²) >= 11 is 0. The minimum Gasteiger partial charge on any atom is -0.454 e. The first-order valence-corrected chi connectivity index (χ1v) is 11.2. The highest BCUT2D eigenvalue weighted by atomic mass is 32.2. The van der Waals surface area contributed by atoms with Gasteiger partial charge in [-0.1, -0.05) is 23.8 Å². The van der Waals surface area contributed by atoms with Gasteiger partial charge in [-0.05, 0) is 49.6 Å². The first kappa shape index (κ1) is 22.6. The van der Waals surface area contributed by atoms with Gasteiger partial charge in [-0.15, -0.1) is 0 Å². The molecule has 2 aromatic rings. The molecule has 0 fully saturated rings. The minimum atomic E-state index is -3.99. The lowest BCUT2D eigenvalue weighted by Crippen LogP contribution is -2.47. The van der Waals surface area contributed by atoms with Crippen LogP contribution in [0.4, 0.5) is 0 Å². The molecule has 0 aliphatic carbocycles. The monoisotopic (exact) mass is 447 g/mol. The van der Waals surface area contributed by atoms with Crippen LogP contribution in [0, 0.1) is 13.8 Å². The fraction of sp³-hybridized carbons (Fsp3) is 0.333. The molecule has 0 spiro atoms. The number of benzene rings is 2. The molecule has 0 unspecified atom stereocenters. The van der Waals surface area contributed by atoms with E-state index in [1.807, 2.05) is 6.92 Å². The molecule has 3 rings (SSSR count). The van der Waals surface area contributed by atoms with E-state index in [9.17, 15) is 18.0 Å². The SMILES string of the molecule is Cc1ccc(S(=O)(=O)N[C@H](CCC(N)=O)C(=O)NCc2ccc3c(c2)OCO3)c(C)c1. The van der Waals surface area contributed by atoms with E-state index in [0.717, 1.165) is 11.1 Å². The van der Waals surface area contributed by atoms with Crippen LogP contribution in [0.2, 0.25) is 0 Å². The molecular weight excluding hydrogens is 422 g/mol. The number of primary amides is 1. The maximum atomic E-state index is 12.9. The molecular formula is C21H25N3O6S. The Morgan fingerprint density at radius 2 is 1.84 bits per heavy atom. The van der Waals surface area contributed by atoms with Gasteiger partial charge in [0.2, 0.25) is 28.6 Å². The van der Waals surface area contributed by atoms with Crippen LogP contribution in [-0.4, -0.2) is 33.1 Å².